The molecule has 1 aromatic rings. The van der Waals surface area contributed by atoms with Gasteiger partial charge in [-0.15, -0.1) is 0 Å². The highest BCUT2D eigenvalue weighted by Crippen LogP contribution is 2.24. The largest absolute Gasteiger partial charge is 0.396 e. The van der Waals surface area contributed by atoms with E-state index < -0.39 is 0 Å². The summed E-state index contributed by atoms with van der Waals surface area (Å²) in [6.07, 6.45) is 14.6. The van der Waals surface area contributed by atoms with Crippen LogP contribution in [0.5, 0.6) is 0 Å². The minimum absolute atomic E-state index is 0.0871. The summed E-state index contributed by atoms with van der Waals surface area (Å²) in [6, 6.07) is 8.11. The highest BCUT2D eigenvalue weighted by atomic mass is 79.9. The Labute approximate surface area is 221 Å². The van der Waals surface area contributed by atoms with E-state index >= 15 is 0 Å². The number of halogens is 1. The fourth-order valence-corrected chi connectivity index (χ4v) is 4.55. The van der Waals surface area contributed by atoms with Crippen molar-refractivity contribution in [2.24, 2.45) is 4.99 Å². The minimum Gasteiger partial charge on any atom is -0.396 e. The summed E-state index contributed by atoms with van der Waals surface area (Å²) in [6.45, 7) is 6.20. The quantitative estimate of drug-likeness (QED) is 0.147. The van der Waals surface area contributed by atoms with Gasteiger partial charge in [0.2, 0.25) is 0 Å². The van der Waals surface area contributed by atoms with Crippen molar-refractivity contribution >= 4 is 39.3 Å². The number of anilines is 1. The maximum absolute atomic E-state index is 9.27. The van der Waals surface area contributed by atoms with Gasteiger partial charge in [0.15, 0.2) is 5.82 Å². The summed E-state index contributed by atoms with van der Waals surface area (Å²) < 4.78 is 3.06. The number of aliphatic imine (C=N–C) groups is 1. The first-order valence-corrected chi connectivity index (χ1v) is 13.2. The number of benzene rings is 1. The fraction of sp³-hybridized carbons (Fsp3) is 0.346. The van der Waals surface area contributed by atoms with Crippen molar-refractivity contribution in [1.29, 1.82) is 0 Å². The van der Waals surface area contributed by atoms with Crippen molar-refractivity contribution < 1.29 is 10.2 Å². The molecule has 1 aliphatic heterocycles. The number of aliphatic hydroxyl groups is 2. The average molecular weight is 563 g/mol. The van der Waals surface area contributed by atoms with Crippen LogP contribution in [0.15, 0.2) is 92.7 Å². The molecule has 7 nitrogen and oxygen atoms in total. The Balaban J connectivity index is 2.17. The van der Waals surface area contributed by atoms with E-state index in [1.807, 2.05) is 92.8 Å². The van der Waals surface area contributed by atoms with Gasteiger partial charge in [-0.1, -0.05) is 46.3 Å². The van der Waals surface area contributed by atoms with Crippen LogP contribution in [0.4, 0.5) is 5.69 Å². The van der Waals surface area contributed by atoms with Crippen molar-refractivity contribution in [3.8, 4) is 0 Å². The Morgan fingerprint density at radius 3 is 2.54 bits per heavy atom. The van der Waals surface area contributed by atoms with Crippen LogP contribution >= 0.6 is 27.9 Å². The second-order valence-corrected chi connectivity index (χ2v) is 9.72. The maximum atomic E-state index is 9.27. The zero-order valence-corrected chi connectivity index (χ0v) is 23.0. The molecule has 0 saturated carbocycles. The lowest BCUT2D eigenvalue weighted by Gasteiger charge is -2.19. The molecule has 1 heterocycles. The van der Waals surface area contributed by atoms with E-state index in [0.29, 0.717) is 19.5 Å². The molecule has 0 atom stereocenters. The molecule has 0 aromatic heterocycles. The van der Waals surface area contributed by atoms with Gasteiger partial charge in [-0.25, -0.2) is 14.7 Å². The van der Waals surface area contributed by atoms with Gasteiger partial charge in [0.05, 0.1) is 23.3 Å². The van der Waals surface area contributed by atoms with E-state index in [4.69, 9.17) is 10.1 Å². The lowest BCUT2D eigenvalue weighted by Crippen LogP contribution is -2.27. The maximum Gasteiger partial charge on any atom is 0.154 e. The Morgan fingerprint density at radius 1 is 1.17 bits per heavy atom. The van der Waals surface area contributed by atoms with Gasteiger partial charge in [0.25, 0.3) is 0 Å². The molecule has 9 heteroatoms. The molecule has 0 saturated heterocycles. The number of allylic oxidation sites excluding steroid dienone is 7. The summed E-state index contributed by atoms with van der Waals surface area (Å²) in [5.74, 6) is 0.843. The van der Waals surface area contributed by atoms with Gasteiger partial charge in [0.1, 0.15) is 0 Å². The predicted octanol–water partition coefficient (Wildman–Crippen LogP) is 4.83. The van der Waals surface area contributed by atoms with Gasteiger partial charge in [0, 0.05) is 43.5 Å². The van der Waals surface area contributed by atoms with E-state index in [1.54, 1.807) is 11.9 Å². The lowest BCUT2D eigenvalue weighted by atomic mass is 10.1. The number of hydrogen-bond donors (Lipinski definition) is 4. The third kappa shape index (κ3) is 10.2. The van der Waals surface area contributed by atoms with Crippen LogP contribution in [0, 0.1) is 0 Å². The monoisotopic (exact) mass is 561 g/mol. The number of rotatable bonds is 14. The standard InChI is InChI=1S/C26H36BrN5O2S/c1-4-6-9-21(8-5-2)25(30-26-24(27)20-29-31(26)3)14-15-28-22-10-12-23(13-11-22)35-32(17-19-34)16-7-18-33/h4-6,8-15,28-29,33-34H,7,16-20H2,1-3H3/b6-4-,8-5-,15-14+,21-9+,30-25+. The minimum atomic E-state index is 0.0871. The first kappa shape index (κ1) is 29.1. The van der Waals surface area contributed by atoms with Crippen molar-refractivity contribution in [2.45, 2.75) is 25.2 Å². The molecule has 1 aliphatic rings. The molecule has 0 bridgehead atoms. The molecular formula is C26H36BrN5O2S. The van der Waals surface area contributed by atoms with Gasteiger partial charge in [-0.05, 0) is 68.1 Å². The molecule has 0 radical (unpaired) electrons. The molecule has 0 aliphatic carbocycles. The van der Waals surface area contributed by atoms with Crippen LogP contribution < -0.4 is 10.7 Å². The third-order valence-electron chi connectivity index (χ3n) is 4.86. The van der Waals surface area contributed by atoms with Gasteiger partial charge in [-0.3, -0.25) is 5.01 Å². The second-order valence-electron chi connectivity index (χ2n) is 7.59. The normalized spacial score (nSPS) is 15.7. The van der Waals surface area contributed by atoms with Crippen LogP contribution in [0.2, 0.25) is 0 Å². The number of aliphatic hydroxyl groups excluding tert-OH is 2. The SMILES string of the molecule is C\C=C/C=C(\C=C/C)C(/C=C/Nc1ccc(SN(CCO)CCCO)cc1)=N/C1=C(Br)CNN1C. The van der Waals surface area contributed by atoms with Gasteiger partial charge in [-0.2, -0.15) is 0 Å². The molecule has 1 aromatic carbocycles. The molecule has 0 amide bonds. The molecule has 4 N–H and O–H groups in total. The zero-order valence-electron chi connectivity index (χ0n) is 20.6. The van der Waals surface area contributed by atoms with Gasteiger partial charge < -0.3 is 15.5 Å². The topological polar surface area (TPSA) is 83.4 Å². The van der Waals surface area contributed by atoms with E-state index in [9.17, 15) is 5.11 Å². The van der Waals surface area contributed by atoms with Crippen LogP contribution in [-0.4, -0.2) is 65.1 Å². The Bertz CT molecular complexity index is 970. The first-order valence-electron chi connectivity index (χ1n) is 11.6. The van der Waals surface area contributed by atoms with E-state index in [2.05, 4.69) is 31.0 Å². The average Bonchev–Trinajstić information content (AvgIpc) is 3.17. The Hall–Kier alpha value is -2.14. The number of nitrogens with one attached hydrogen (secondary N) is 2. The molecule has 0 fully saturated rings. The zero-order chi connectivity index (χ0) is 25.5. The van der Waals surface area contributed by atoms with Crippen LogP contribution in [0.3, 0.4) is 0 Å². The molecule has 0 unspecified atom stereocenters. The number of hydrazine groups is 1. The summed E-state index contributed by atoms with van der Waals surface area (Å²) in [4.78, 5) is 5.99. The van der Waals surface area contributed by atoms with E-state index in [0.717, 1.165) is 38.7 Å². The summed E-state index contributed by atoms with van der Waals surface area (Å²) in [7, 11) is 1.95. The van der Waals surface area contributed by atoms with Crippen molar-refractivity contribution in [3.63, 3.8) is 0 Å². The van der Waals surface area contributed by atoms with Crippen LogP contribution in [0.25, 0.3) is 0 Å². The van der Waals surface area contributed by atoms with Crippen LogP contribution in [0.1, 0.15) is 20.3 Å². The molecule has 0 spiro atoms. The highest BCUT2D eigenvalue weighted by molar-refractivity contribution is 9.11. The molecule has 35 heavy (non-hydrogen) atoms. The summed E-state index contributed by atoms with van der Waals surface area (Å²) in [5.41, 5.74) is 6.02. The summed E-state index contributed by atoms with van der Waals surface area (Å²) >= 11 is 5.19. The molecule has 190 valence electrons. The summed E-state index contributed by atoms with van der Waals surface area (Å²) in [5, 5.41) is 23.6. The second kappa shape index (κ2) is 16.5. The van der Waals surface area contributed by atoms with Crippen molar-refractivity contribution in [3.05, 3.63) is 82.8 Å². The third-order valence-corrected chi connectivity index (χ3v) is 6.60. The van der Waals surface area contributed by atoms with E-state index in [-0.39, 0.29) is 13.2 Å². The van der Waals surface area contributed by atoms with Gasteiger partial charge >= 0.3 is 0 Å². The fourth-order valence-electron chi connectivity index (χ4n) is 3.12. The number of hydrogen-bond acceptors (Lipinski definition) is 8. The number of nitrogens with zero attached hydrogens (tertiary/aromatic N) is 3. The lowest BCUT2D eigenvalue weighted by molar-refractivity contribution is 0.241. The Kier molecular flexibility index (Phi) is 13.7. The molecule has 2 rings (SSSR count). The molecular weight excluding hydrogens is 526 g/mol. The Morgan fingerprint density at radius 2 is 1.94 bits per heavy atom. The highest BCUT2D eigenvalue weighted by Gasteiger charge is 2.17. The predicted molar refractivity (Wildman–Crippen MR) is 152 cm³/mol. The van der Waals surface area contributed by atoms with E-state index in [1.165, 1.54) is 0 Å². The van der Waals surface area contributed by atoms with Crippen molar-refractivity contribution in [1.82, 2.24) is 14.7 Å². The smallest absolute Gasteiger partial charge is 0.154 e. The first-order chi connectivity index (χ1) is 17.0. The van der Waals surface area contributed by atoms with Crippen molar-refractivity contribution in [2.75, 3.05) is 45.2 Å². The van der Waals surface area contributed by atoms with Crippen LogP contribution in [-0.2, 0) is 0 Å².